The zero-order valence-corrected chi connectivity index (χ0v) is 23.5. The lowest BCUT2D eigenvalue weighted by Crippen LogP contribution is -2.32. The van der Waals surface area contributed by atoms with Crippen LogP contribution in [0.1, 0.15) is 74.3 Å². The van der Waals surface area contributed by atoms with Gasteiger partial charge in [-0.25, -0.2) is 8.42 Å². The van der Waals surface area contributed by atoms with Gasteiger partial charge in [0.15, 0.2) is 0 Å². The van der Waals surface area contributed by atoms with Crippen LogP contribution in [-0.4, -0.2) is 44.8 Å². The molecule has 0 bridgehead atoms. The van der Waals surface area contributed by atoms with Crippen LogP contribution in [0.15, 0.2) is 36.4 Å². The summed E-state index contributed by atoms with van der Waals surface area (Å²) < 4.78 is 28.5. The Morgan fingerprint density at radius 3 is 2.34 bits per heavy atom. The van der Waals surface area contributed by atoms with Crippen LogP contribution in [0.3, 0.4) is 0 Å². The van der Waals surface area contributed by atoms with Gasteiger partial charge >= 0.3 is 0 Å². The van der Waals surface area contributed by atoms with Crippen LogP contribution < -0.4 is 10.1 Å². The summed E-state index contributed by atoms with van der Waals surface area (Å²) in [5, 5.41) is 13.5. The number of nitrogens with one attached hydrogen (secondary N) is 1. The Morgan fingerprint density at radius 2 is 1.77 bits per heavy atom. The standard InChI is InChI=1S/C29H45NO4S/c1-8-24(25-13-14-27(22(3)18-25)34-20-28(31)29(4,5)6)11-9-23-10-12-26(21(2)17-23)19-30-15-16-35(7,32)33/h10,12-14,17-18,24,28,30-31H,8-9,11,15-16,19-20H2,1-7H3. The molecule has 0 aliphatic rings. The van der Waals surface area contributed by atoms with Crippen LogP contribution in [0.25, 0.3) is 0 Å². The molecule has 0 fully saturated rings. The smallest absolute Gasteiger partial charge is 0.148 e. The van der Waals surface area contributed by atoms with Gasteiger partial charge in [0.1, 0.15) is 22.2 Å². The van der Waals surface area contributed by atoms with Crippen LogP contribution in [0.5, 0.6) is 5.75 Å². The molecule has 2 N–H and O–H groups in total. The van der Waals surface area contributed by atoms with E-state index in [1.54, 1.807) is 0 Å². The van der Waals surface area contributed by atoms with E-state index in [0.717, 1.165) is 30.6 Å². The minimum atomic E-state index is -2.93. The number of hydrogen-bond acceptors (Lipinski definition) is 5. The number of rotatable bonds is 13. The molecule has 0 aliphatic carbocycles. The first-order chi connectivity index (χ1) is 16.3. The van der Waals surface area contributed by atoms with E-state index in [1.165, 1.54) is 28.5 Å². The molecule has 6 heteroatoms. The predicted octanol–water partition coefficient (Wildman–Crippen LogP) is 5.35. The fourth-order valence-electron chi connectivity index (χ4n) is 4.05. The van der Waals surface area contributed by atoms with Crippen molar-refractivity contribution < 1.29 is 18.3 Å². The number of benzene rings is 2. The van der Waals surface area contributed by atoms with Gasteiger partial charge in [0, 0.05) is 19.3 Å². The van der Waals surface area contributed by atoms with Crippen LogP contribution in [-0.2, 0) is 22.8 Å². The molecule has 2 aromatic rings. The van der Waals surface area contributed by atoms with Crippen LogP contribution >= 0.6 is 0 Å². The quantitative estimate of drug-likeness (QED) is 0.361. The van der Waals surface area contributed by atoms with Crippen LogP contribution in [0.4, 0.5) is 0 Å². The number of ether oxygens (including phenoxy) is 1. The lowest BCUT2D eigenvalue weighted by Gasteiger charge is -2.26. The van der Waals surface area contributed by atoms with Crippen molar-refractivity contribution in [3.8, 4) is 5.75 Å². The summed E-state index contributed by atoms with van der Waals surface area (Å²) in [7, 11) is -2.93. The Morgan fingerprint density at radius 1 is 1.06 bits per heavy atom. The van der Waals surface area contributed by atoms with Crippen molar-refractivity contribution in [2.24, 2.45) is 5.41 Å². The molecule has 2 atom stereocenters. The molecule has 2 rings (SSSR count). The molecule has 5 nitrogen and oxygen atoms in total. The van der Waals surface area contributed by atoms with Gasteiger partial charge in [0.05, 0.1) is 11.9 Å². The molecule has 0 amide bonds. The van der Waals surface area contributed by atoms with E-state index in [4.69, 9.17) is 4.74 Å². The number of aliphatic hydroxyl groups is 1. The fraction of sp³-hybridized carbons (Fsp3) is 0.586. The Balaban J connectivity index is 1.94. The van der Waals surface area contributed by atoms with Gasteiger partial charge in [-0.3, -0.25) is 0 Å². The van der Waals surface area contributed by atoms with Crippen molar-refractivity contribution in [1.29, 1.82) is 0 Å². The topological polar surface area (TPSA) is 75.6 Å². The minimum Gasteiger partial charge on any atom is -0.491 e. The van der Waals surface area contributed by atoms with Crippen molar-refractivity contribution in [2.45, 2.75) is 79.4 Å². The lowest BCUT2D eigenvalue weighted by atomic mass is 9.88. The van der Waals surface area contributed by atoms with Crippen molar-refractivity contribution >= 4 is 9.84 Å². The molecule has 2 unspecified atom stereocenters. The molecular weight excluding hydrogens is 458 g/mol. The third kappa shape index (κ3) is 9.94. The maximum absolute atomic E-state index is 11.3. The van der Waals surface area contributed by atoms with Crippen molar-refractivity contribution in [3.63, 3.8) is 0 Å². The van der Waals surface area contributed by atoms with Crippen molar-refractivity contribution in [2.75, 3.05) is 25.2 Å². The first kappa shape index (κ1) is 29.3. The largest absolute Gasteiger partial charge is 0.491 e. The highest BCUT2D eigenvalue weighted by Crippen LogP contribution is 2.30. The summed E-state index contributed by atoms with van der Waals surface area (Å²) in [4.78, 5) is 0. The third-order valence-corrected chi connectivity index (χ3v) is 7.66. The molecule has 35 heavy (non-hydrogen) atoms. The van der Waals surface area contributed by atoms with Crippen LogP contribution in [0, 0.1) is 19.3 Å². The van der Waals surface area contributed by atoms with E-state index in [-0.39, 0.29) is 11.2 Å². The predicted molar refractivity (Wildman–Crippen MR) is 146 cm³/mol. The fourth-order valence-corrected chi connectivity index (χ4v) is 4.56. The van der Waals surface area contributed by atoms with E-state index in [2.05, 4.69) is 56.4 Å². The van der Waals surface area contributed by atoms with Crippen molar-refractivity contribution in [1.82, 2.24) is 5.32 Å². The van der Waals surface area contributed by atoms with Gasteiger partial charge in [-0.15, -0.1) is 0 Å². The van der Waals surface area contributed by atoms with Crippen LogP contribution in [0.2, 0.25) is 0 Å². The van der Waals surface area contributed by atoms with E-state index >= 15 is 0 Å². The number of aryl methyl sites for hydroxylation is 3. The van der Waals surface area contributed by atoms with E-state index in [9.17, 15) is 13.5 Å². The van der Waals surface area contributed by atoms with Gasteiger partial charge in [-0.1, -0.05) is 58.0 Å². The summed E-state index contributed by atoms with van der Waals surface area (Å²) in [6.45, 7) is 13.9. The second kappa shape index (κ2) is 12.9. The highest BCUT2D eigenvalue weighted by Gasteiger charge is 2.23. The van der Waals surface area contributed by atoms with Gasteiger partial charge in [0.2, 0.25) is 0 Å². The average molecular weight is 504 g/mol. The van der Waals surface area contributed by atoms with Gasteiger partial charge in [-0.2, -0.15) is 0 Å². The Bertz CT molecular complexity index is 1060. The molecule has 0 aliphatic heterocycles. The highest BCUT2D eigenvalue weighted by atomic mass is 32.2. The van der Waals surface area contributed by atoms with Gasteiger partial charge in [-0.05, 0) is 78.3 Å². The molecule has 0 spiro atoms. The second-order valence-electron chi connectivity index (χ2n) is 10.9. The summed E-state index contributed by atoms with van der Waals surface area (Å²) in [6.07, 6.45) is 3.91. The zero-order valence-electron chi connectivity index (χ0n) is 22.6. The molecule has 0 radical (unpaired) electrons. The van der Waals surface area contributed by atoms with Crippen molar-refractivity contribution in [3.05, 3.63) is 64.2 Å². The van der Waals surface area contributed by atoms with E-state index < -0.39 is 15.9 Å². The minimum absolute atomic E-state index is 0.161. The average Bonchev–Trinajstić information content (AvgIpc) is 2.76. The first-order valence-corrected chi connectivity index (χ1v) is 14.7. The Kier molecular flexibility index (Phi) is 10.8. The number of hydrogen-bond donors (Lipinski definition) is 2. The molecule has 196 valence electrons. The van der Waals surface area contributed by atoms with Gasteiger partial charge in [0.25, 0.3) is 0 Å². The summed E-state index contributed by atoms with van der Waals surface area (Å²) >= 11 is 0. The third-order valence-electron chi connectivity index (χ3n) is 6.71. The SMILES string of the molecule is CCC(CCc1ccc(CNCCS(C)(=O)=O)c(C)c1)c1ccc(OCC(O)C(C)(C)C)c(C)c1. The van der Waals surface area contributed by atoms with E-state index in [0.29, 0.717) is 25.6 Å². The summed E-state index contributed by atoms with van der Waals surface area (Å²) in [5.74, 6) is 1.47. The maximum Gasteiger partial charge on any atom is 0.148 e. The zero-order chi connectivity index (χ0) is 26.2. The number of sulfone groups is 1. The molecule has 2 aromatic carbocycles. The Labute approximate surface area is 213 Å². The second-order valence-corrected chi connectivity index (χ2v) is 13.2. The normalized spacial score (nSPS) is 14.1. The number of aliphatic hydroxyl groups excluding tert-OH is 1. The maximum atomic E-state index is 11.3. The molecular formula is C29H45NO4S. The first-order valence-electron chi connectivity index (χ1n) is 12.7. The molecule has 0 heterocycles. The molecule has 0 saturated carbocycles. The lowest BCUT2D eigenvalue weighted by molar-refractivity contribution is 0.0216. The molecule has 0 saturated heterocycles. The molecule has 0 aromatic heterocycles. The summed E-state index contributed by atoms with van der Waals surface area (Å²) in [6, 6.07) is 13.0. The highest BCUT2D eigenvalue weighted by molar-refractivity contribution is 7.90. The van der Waals surface area contributed by atoms with Gasteiger partial charge < -0.3 is 15.2 Å². The van der Waals surface area contributed by atoms with E-state index in [1.807, 2.05) is 26.8 Å². The monoisotopic (exact) mass is 503 g/mol. The summed E-state index contributed by atoms with van der Waals surface area (Å²) in [5.41, 5.74) is 6.00. The Hall–Kier alpha value is -1.89.